The Morgan fingerprint density at radius 1 is 0.500 bits per heavy atom. The van der Waals surface area contributed by atoms with Crippen LogP contribution in [0.1, 0.15) is 32.1 Å². The molecule has 0 atom stereocenters. The summed E-state index contributed by atoms with van der Waals surface area (Å²) in [6.07, 6.45) is 7.50. The smallest absolute Gasteiger partial charge is 0.0533 e. The number of halogens is 1. The van der Waals surface area contributed by atoms with E-state index in [1.54, 1.807) is 0 Å². The first-order valence-electron chi connectivity index (χ1n) is 2.50. The fourth-order valence-corrected chi connectivity index (χ4v) is 0.884. The standard InChI is InChI=1S/C5H10.ClH/c1-2-4-5-3-1;/h1-5H2;1H. The van der Waals surface area contributed by atoms with Crippen LogP contribution in [0.25, 0.3) is 0 Å². The molecule has 1 saturated carbocycles. The molecule has 0 spiro atoms. The van der Waals surface area contributed by atoms with Gasteiger partial charge in [-0.05, 0) is 0 Å². The molecule has 0 aliphatic heterocycles. The first-order chi connectivity index (χ1) is 2.50. The molecular weight excluding hydrogens is 95.5 g/mol. The van der Waals surface area contributed by atoms with E-state index in [2.05, 4.69) is 0 Å². The van der Waals surface area contributed by atoms with Crippen LogP contribution in [0.15, 0.2) is 0 Å². The maximum Gasteiger partial charge on any atom is -0.0533 e. The molecule has 1 rings (SSSR count). The normalized spacial score (nSPS) is 20.0. The molecule has 1 aliphatic carbocycles. The van der Waals surface area contributed by atoms with Crippen molar-refractivity contribution in [3.05, 3.63) is 0 Å². The average Bonchev–Trinajstić information content (AvgIpc) is 1.76. The molecule has 0 aromatic rings. The van der Waals surface area contributed by atoms with Gasteiger partial charge in [-0.2, -0.15) is 0 Å². The summed E-state index contributed by atoms with van der Waals surface area (Å²) in [6.45, 7) is 0. The molecule has 6 heavy (non-hydrogen) atoms. The summed E-state index contributed by atoms with van der Waals surface area (Å²) in [5.41, 5.74) is 0. The lowest BCUT2D eigenvalue weighted by Crippen LogP contribution is -1.47. The van der Waals surface area contributed by atoms with Crippen LogP contribution in [0.3, 0.4) is 0 Å². The van der Waals surface area contributed by atoms with E-state index in [4.69, 9.17) is 0 Å². The van der Waals surface area contributed by atoms with Crippen LogP contribution >= 0.6 is 12.4 Å². The summed E-state index contributed by atoms with van der Waals surface area (Å²) in [4.78, 5) is 0. The minimum Gasteiger partial charge on any atom is -0.147 e. The van der Waals surface area contributed by atoms with Crippen LogP contribution in [0.2, 0.25) is 0 Å². The second kappa shape index (κ2) is 3.48. The van der Waals surface area contributed by atoms with Crippen molar-refractivity contribution in [2.45, 2.75) is 32.1 Å². The van der Waals surface area contributed by atoms with Crippen LogP contribution in [0.4, 0.5) is 0 Å². The largest absolute Gasteiger partial charge is 0.147 e. The lowest BCUT2D eigenvalue weighted by atomic mass is 10.4. The number of rotatable bonds is 0. The van der Waals surface area contributed by atoms with Crippen LogP contribution in [-0.2, 0) is 0 Å². The topological polar surface area (TPSA) is 0 Å². The van der Waals surface area contributed by atoms with Gasteiger partial charge in [-0.15, -0.1) is 12.4 Å². The predicted molar refractivity (Wildman–Crippen MR) is 30.3 cm³/mol. The molecule has 0 N–H and O–H groups in total. The zero-order chi connectivity index (χ0) is 3.54. The van der Waals surface area contributed by atoms with Crippen LogP contribution in [-0.4, -0.2) is 0 Å². The lowest BCUT2D eigenvalue weighted by Gasteiger charge is -1.67. The highest BCUT2D eigenvalue weighted by Gasteiger charge is 1.95. The van der Waals surface area contributed by atoms with E-state index in [-0.39, 0.29) is 12.4 Å². The summed E-state index contributed by atoms with van der Waals surface area (Å²) in [5, 5.41) is 0. The van der Waals surface area contributed by atoms with Crippen LogP contribution < -0.4 is 0 Å². The highest BCUT2D eigenvalue weighted by atomic mass is 35.5. The van der Waals surface area contributed by atoms with Crippen molar-refractivity contribution in [1.82, 2.24) is 0 Å². The van der Waals surface area contributed by atoms with Gasteiger partial charge >= 0.3 is 0 Å². The van der Waals surface area contributed by atoms with Crippen molar-refractivity contribution in [3.63, 3.8) is 0 Å². The zero-order valence-electron chi connectivity index (χ0n) is 3.94. The summed E-state index contributed by atoms with van der Waals surface area (Å²) in [6, 6.07) is 0. The maximum atomic E-state index is 1.50. The summed E-state index contributed by atoms with van der Waals surface area (Å²) < 4.78 is 0. The van der Waals surface area contributed by atoms with Crippen molar-refractivity contribution in [2.75, 3.05) is 0 Å². The van der Waals surface area contributed by atoms with E-state index in [1.807, 2.05) is 0 Å². The third-order valence-corrected chi connectivity index (χ3v) is 1.25. The Bertz CT molecular complexity index is 15.5. The van der Waals surface area contributed by atoms with Gasteiger partial charge in [-0.1, -0.05) is 32.1 Å². The highest BCUT2D eigenvalue weighted by Crippen LogP contribution is 2.15. The quantitative estimate of drug-likeness (QED) is 0.445. The number of hydrogen-bond acceptors (Lipinski definition) is 0. The molecule has 1 heteroatoms. The summed E-state index contributed by atoms with van der Waals surface area (Å²) >= 11 is 0. The van der Waals surface area contributed by atoms with Gasteiger partial charge in [0.2, 0.25) is 0 Å². The SMILES string of the molecule is C1CCCC1.Cl. The molecule has 38 valence electrons. The lowest BCUT2D eigenvalue weighted by molar-refractivity contribution is 0.886. The molecule has 0 nitrogen and oxygen atoms in total. The third kappa shape index (κ3) is 1.66. The van der Waals surface area contributed by atoms with E-state index in [1.165, 1.54) is 32.1 Å². The molecule has 0 radical (unpaired) electrons. The van der Waals surface area contributed by atoms with E-state index in [0.29, 0.717) is 0 Å². The fourth-order valence-electron chi connectivity index (χ4n) is 0.884. The first kappa shape index (κ1) is 6.29. The maximum absolute atomic E-state index is 1.50. The molecule has 0 unspecified atom stereocenters. The minimum atomic E-state index is 0. The molecular formula is C5H11Cl. The van der Waals surface area contributed by atoms with Gasteiger partial charge in [0.15, 0.2) is 0 Å². The van der Waals surface area contributed by atoms with Gasteiger partial charge < -0.3 is 0 Å². The zero-order valence-corrected chi connectivity index (χ0v) is 4.76. The second-order valence-corrected chi connectivity index (χ2v) is 1.77. The van der Waals surface area contributed by atoms with Crippen molar-refractivity contribution < 1.29 is 0 Å². The third-order valence-electron chi connectivity index (χ3n) is 1.25. The van der Waals surface area contributed by atoms with Gasteiger partial charge in [0.05, 0.1) is 0 Å². The van der Waals surface area contributed by atoms with Gasteiger partial charge in [-0.25, -0.2) is 0 Å². The van der Waals surface area contributed by atoms with Crippen molar-refractivity contribution in [2.24, 2.45) is 0 Å². The van der Waals surface area contributed by atoms with Crippen molar-refractivity contribution in [3.8, 4) is 0 Å². The molecule has 0 amide bonds. The second-order valence-electron chi connectivity index (χ2n) is 1.77. The summed E-state index contributed by atoms with van der Waals surface area (Å²) in [5.74, 6) is 0. The Balaban J connectivity index is 0.000000250. The molecule has 0 heterocycles. The van der Waals surface area contributed by atoms with Gasteiger partial charge in [0, 0.05) is 0 Å². The van der Waals surface area contributed by atoms with E-state index in [9.17, 15) is 0 Å². The van der Waals surface area contributed by atoms with Crippen LogP contribution in [0, 0.1) is 0 Å². The molecule has 0 aromatic carbocycles. The minimum absolute atomic E-state index is 0. The van der Waals surface area contributed by atoms with E-state index in [0.717, 1.165) is 0 Å². The molecule has 1 fully saturated rings. The Labute approximate surface area is 45.3 Å². The molecule has 0 saturated heterocycles. The highest BCUT2D eigenvalue weighted by molar-refractivity contribution is 5.85. The van der Waals surface area contributed by atoms with E-state index < -0.39 is 0 Å². The van der Waals surface area contributed by atoms with Gasteiger partial charge in [-0.3, -0.25) is 0 Å². The van der Waals surface area contributed by atoms with Gasteiger partial charge in [0.1, 0.15) is 0 Å². The monoisotopic (exact) mass is 106 g/mol. The number of hydrogen-bond donors (Lipinski definition) is 0. The average molecular weight is 107 g/mol. The summed E-state index contributed by atoms with van der Waals surface area (Å²) in [7, 11) is 0. The van der Waals surface area contributed by atoms with E-state index >= 15 is 0 Å². The van der Waals surface area contributed by atoms with Crippen molar-refractivity contribution >= 4 is 12.4 Å². The Hall–Kier alpha value is 0.290. The Morgan fingerprint density at radius 2 is 0.667 bits per heavy atom. The van der Waals surface area contributed by atoms with Crippen LogP contribution in [0.5, 0.6) is 0 Å². The predicted octanol–water partition coefficient (Wildman–Crippen LogP) is 2.37. The Kier molecular flexibility index (Phi) is 3.65. The molecule has 0 bridgehead atoms. The Morgan fingerprint density at radius 3 is 0.833 bits per heavy atom. The molecule has 0 aromatic heterocycles. The van der Waals surface area contributed by atoms with Gasteiger partial charge in [0.25, 0.3) is 0 Å². The van der Waals surface area contributed by atoms with Crippen molar-refractivity contribution in [1.29, 1.82) is 0 Å². The molecule has 1 aliphatic rings. The first-order valence-corrected chi connectivity index (χ1v) is 2.50. The fraction of sp³-hybridized carbons (Fsp3) is 1.00.